The van der Waals surface area contributed by atoms with E-state index in [-0.39, 0.29) is 12.1 Å². The number of furan rings is 1. The molecule has 1 aliphatic carbocycles. The number of para-hydroxylation sites is 1. The number of hydrogen-bond acceptors (Lipinski definition) is 4. The van der Waals surface area contributed by atoms with E-state index in [9.17, 15) is 0 Å². The maximum absolute atomic E-state index is 6.06. The molecule has 0 bridgehead atoms. The summed E-state index contributed by atoms with van der Waals surface area (Å²) in [4.78, 5) is 5.97. The molecule has 2 aliphatic rings. The van der Waals surface area contributed by atoms with Crippen LogP contribution in [0.1, 0.15) is 41.6 Å². The van der Waals surface area contributed by atoms with Crippen LogP contribution in [-0.2, 0) is 11.3 Å². The number of hydroxylamine groups is 2. The highest BCUT2D eigenvalue weighted by atomic mass is 16.7. The molecule has 5 rings (SSSR count). The lowest BCUT2D eigenvalue weighted by atomic mass is 9.86. The van der Waals surface area contributed by atoms with Crippen molar-refractivity contribution in [2.24, 2.45) is 5.73 Å². The van der Waals surface area contributed by atoms with Crippen molar-refractivity contribution in [3.63, 3.8) is 0 Å². The van der Waals surface area contributed by atoms with E-state index in [1.54, 1.807) is 0 Å². The molecule has 0 fully saturated rings. The maximum atomic E-state index is 6.06. The topological polar surface area (TPSA) is 51.6 Å². The van der Waals surface area contributed by atoms with E-state index in [2.05, 4.69) is 30.3 Å². The Hall–Kier alpha value is -2.72. The molecule has 2 heterocycles. The SMILES string of the molecule is NC1=CC(c2coc3ccccc23)N(C2CCCc3ccccc32)O1. The van der Waals surface area contributed by atoms with Gasteiger partial charge in [-0.25, -0.2) is 0 Å². The van der Waals surface area contributed by atoms with Crippen LogP contribution in [-0.4, -0.2) is 5.06 Å². The van der Waals surface area contributed by atoms with Crippen molar-refractivity contribution in [3.8, 4) is 0 Å². The average Bonchev–Trinajstić information content (AvgIpc) is 3.24. The highest BCUT2D eigenvalue weighted by molar-refractivity contribution is 5.81. The molecule has 2 aromatic carbocycles. The van der Waals surface area contributed by atoms with Gasteiger partial charge in [0.1, 0.15) is 5.58 Å². The van der Waals surface area contributed by atoms with Crippen LogP contribution < -0.4 is 5.73 Å². The van der Waals surface area contributed by atoms with Crippen LogP contribution >= 0.6 is 0 Å². The number of nitrogens with two attached hydrogens (primary N) is 1. The molecule has 4 nitrogen and oxygen atoms in total. The molecule has 2 atom stereocenters. The predicted molar refractivity (Wildman–Crippen MR) is 96.3 cm³/mol. The summed E-state index contributed by atoms with van der Waals surface area (Å²) < 4.78 is 5.75. The molecule has 0 saturated carbocycles. The fourth-order valence-corrected chi connectivity index (χ4v) is 4.14. The van der Waals surface area contributed by atoms with E-state index in [0.717, 1.165) is 35.8 Å². The third kappa shape index (κ3) is 2.33. The number of benzene rings is 2. The predicted octanol–water partition coefficient (Wildman–Crippen LogP) is 4.60. The van der Waals surface area contributed by atoms with Crippen LogP contribution in [0.15, 0.2) is 71.2 Å². The van der Waals surface area contributed by atoms with Crippen LogP contribution in [0, 0.1) is 0 Å². The van der Waals surface area contributed by atoms with Crippen molar-refractivity contribution in [2.75, 3.05) is 0 Å². The molecule has 25 heavy (non-hydrogen) atoms. The normalized spacial score (nSPS) is 23.3. The van der Waals surface area contributed by atoms with Gasteiger partial charge in [0.15, 0.2) is 0 Å². The molecule has 2 unspecified atom stereocenters. The van der Waals surface area contributed by atoms with Gasteiger partial charge in [-0.3, -0.25) is 0 Å². The quantitative estimate of drug-likeness (QED) is 0.745. The fraction of sp³-hybridized carbons (Fsp3) is 0.238. The van der Waals surface area contributed by atoms with E-state index < -0.39 is 0 Å². The highest BCUT2D eigenvalue weighted by Crippen LogP contribution is 2.44. The minimum Gasteiger partial charge on any atom is -0.464 e. The van der Waals surface area contributed by atoms with Gasteiger partial charge in [-0.15, -0.1) is 5.06 Å². The zero-order valence-electron chi connectivity index (χ0n) is 13.9. The molecule has 2 N–H and O–H groups in total. The minimum atomic E-state index is -0.0418. The third-order valence-corrected chi connectivity index (χ3v) is 5.28. The van der Waals surface area contributed by atoms with Crippen molar-refractivity contribution in [1.29, 1.82) is 0 Å². The summed E-state index contributed by atoms with van der Waals surface area (Å²) in [6.45, 7) is 0. The standard InChI is InChI=1S/C21H20N2O2/c22-21-12-19(17-13-24-20-11-4-3-9-16(17)20)23(25-21)18-10-5-7-14-6-1-2-8-15(14)18/h1-4,6,8-9,11-13,18-19H,5,7,10,22H2. The molecule has 4 heteroatoms. The number of nitrogens with zero attached hydrogens (tertiary/aromatic N) is 1. The first-order chi connectivity index (χ1) is 12.3. The Balaban J connectivity index is 1.58. The molecule has 0 amide bonds. The Labute approximate surface area is 146 Å². The Bertz CT molecular complexity index is 959. The smallest absolute Gasteiger partial charge is 0.207 e. The Morgan fingerprint density at radius 1 is 1.00 bits per heavy atom. The lowest BCUT2D eigenvalue weighted by Gasteiger charge is -2.35. The molecule has 0 saturated heterocycles. The summed E-state index contributed by atoms with van der Waals surface area (Å²) >= 11 is 0. The molecule has 1 aromatic heterocycles. The monoisotopic (exact) mass is 332 g/mol. The molecular weight excluding hydrogens is 312 g/mol. The fourth-order valence-electron chi connectivity index (χ4n) is 4.14. The van der Waals surface area contributed by atoms with Crippen LogP contribution in [0.25, 0.3) is 11.0 Å². The summed E-state index contributed by atoms with van der Waals surface area (Å²) in [6.07, 6.45) is 7.15. The number of fused-ring (bicyclic) bond motifs is 2. The molecular formula is C21H20N2O2. The van der Waals surface area contributed by atoms with Gasteiger partial charge in [-0.2, -0.15) is 0 Å². The van der Waals surface area contributed by atoms with E-state index in [0.29, 0.717) is 5.88 Å². The van der Waals surface area contributed by atoms with Crippen LogP contribution in [0.5, 0.6) is 0 Å². The highest BCUT2D eigenvalue weighted by Gasteiger charge is 2.37. The molecule has 1 aliphatic heterocycles. The molecule has 0 spiro atoms. The van der Waals surface area contributed by atoms with Gasteiger partial charge >= 0.3 is 0 Å². The second-order valence-electron chi connectivity index (χ2n) is 6.76. The number of rotatable bonds is 2. The van der Waals surface area contributed by atoms with Crippen LogP contribution in [0.2, 0.25) is 0 Å². The van der Waals surface area contributed by atoms with Crippen LogP contribution in [0.3, 0.4) is 0 Å². The molecule has 0 radical (unpaired) electrons. The molecule has 3 aromatic rings. The average molecular weight is 332 g/mol. The second-order valence-corrected chi connectivity index (χ2v) is 6.76. The minimum absolute atomic E-state index is 0.0418. The first kappa shape index (κ1) is 14.6. The lowest BCUT2D eigenvalue weighted by Crippen LogP contribution is -2.31. The van der Waals surface area contributed by atoms with Gasteiger partial charge in [0.2, 0.25) is 5.88 Å². The summed E-state index contributed by atoms with van der Waals surface area (Å²) in [5.74, 6) is 0.457. The first-order valence-electron chi connectivity index (χ1n) is 8.79. The van der Waals surface area contributed by atoms with Gasteiger partial charge in [0.05, 0.1) is 18.3 Å². The van der Waals surface area contributed by atoms with E-state index in [4.69, 9.17) is 15.0 Å². The number of aryl methyl sites for hydroxylation is 1. The van der Waals surface area contributed by atoms with Gasteiger partial charge in [-0.1, -0.05) is 42.5 Å². The van der Waals surface area contributed by atoms with Crippen molar-refractivity contribution < 1.29 is 9.25 Å². The zero-order valence-corrected chi connectivity index (χ0v) is 13.9. The third-order valence-electron chi connectivity index (χ3n) is 5.28. The van der Waals surface area contributed by atoms with E-state index >= 15 is 0 Å². The Morgan fingerprint density at radius 3 is 2.80 bits per heavy atom. The second kappa shape index (κ2) is 5.67. The summed E-state index contributed by atoms with van der Waals surface area (Å²) in [7, 11) is 0. The Kier molecular flexibility index (Phi) is 3.31. The van der Waals surface area contributed by atoms with Crippen LogP contribution in [0.4, 0.5) is 0 Å². The van der Waals surface area contributed by atoms with Crippen molar-refractivity contribution >= 4 is 11.0 Å². The van der Waals surface area contributed by atoms with Crippen molar-refractivity contribution in [2.45, 2.75) is 31.3 Å². The van der Waals surface area contributed by atoms with Crippen molar-refractivity contribution in [3.05, 3.63) is 83.4 Å². The summed E-state index contributed by atoms with van der Waals surface area (Å²) in [5.41, 5.74) is 10.8. The lowest BCUT2D eigenvalue weighted by molar-refractivity contribution is -0.157. The summed E-state index contributed by atoms with van der Waals surface area (Å²) in [6, 6.07) is 16.9. The van der Waals surface area contributed by atoms with Crippen molar-refractivity contribution in [1.82, 2.24) is 5.06 Å². The first-order valence-corrected chi connectivity index (χ1v) is 8.79. The van der Waals surface area contributed by atoms with Gasteiger partial charge in [-0.05, 0) is 36.5 Å². The van der Waals surface area contributed by atoms with Gasteiger partial charge < -0.3 is 15.0 Å². The van der Waals surface area contributed by atoms with Gasteiger partial charge in [0, 0.05) is 17.0 Å². The number of hydrogen-bond donors (Lipinski definition) is 1. The zero-order chi connectivity index (χ0) is 16.8. The molecule has 126 valence electrons. The largest absolute Gasteiger partial charge is 0.464 e. The maximum Gasteiger partial charge on any atom is 0.207 e. The van der Waals surface area contributed by atoms with Gasteiger partial charge in [0.25, 0.3) is 0 Å². The van der Waals surface area contributed by atoms with E-state index in [1.807, 2.05) is 35.6 Å². The van der Waals surface area contributed by atoms with E-state index in [1.165, 1.54) is 11.1 Å². The Morgan fingerprint density at radius 2 is 1.84 bits per heavy atom. The summed E-state index contributed by atoms with van der Waals surface area (Å²) in [5, 5.41) is 3.15.